The van der Waals surface area contributed by atoms with Gasteiger partial charge in [-0.25, -0.2) is 0 Å². The van der Waals surface area contributed by atoms with Crippen molar-refractivity contribution in [2.24, 2.45) is 0 Å². The number of hydrogen-bond acceptors (Lipinski definition) is 3. The van der Waals surface area contributed by atoms with E-state index in [1.807, 2.05) is 55.5 Å². The number of hydrogen-bond donors (Lipinski definition) is 0. The van der Waals surface area contributed by atoms with Gasteiger partial charge in [-0.05, 0) is 42.2 Å². The summed E-state index contributed by atoms with van der Waals surface area (Å²) in [5.74, 6) is 0.664. The first-order valence-electron chi connectivity index (χ1n) is 7.02. The maximum absolute atomic E-state index is 11.2. The highest BCUT2D eigenvalue weighted by molar-refractivity contribution is 5.69. The largest absolute Gasteiger partial charge is 0.489 e. The van der Waals surface area contributed by atoms with Crippen molar-refractivity contribution in [3.8, 4) is 5.75 Å². The van der Waals surface area contributed by atoms with Gasteiger partial charge in [0.15, 0.2) is 0 Å². The molecule has 110 valence electrons. The van der Waals surface area contributed by atoms with Crippen LogP contribution in [0, 0.1) is 6.92 Å². The molecule has 3 heteroatoms. The van der Waals surface area contributed by atoms with Gasteiger partial charge < -0.3 is 9.47 Å². The molecule has 0 radical (unpaired) electrons. The van der Waals surface area contributed by atoms with Crippen LogP contribution >= 0.6 is 0 Å². The molecule has 2 aromatic rings. The molecule has 0 saturated carbocycles. The standard InChI is InChI=1S/C18H20O3/c1-14-12-17(21-13-15-6-4-3-5-7-15)10-8-16(14)9-11-18(19)20-2/h3-8,10,12H,9,11,13H2,1-2H3. The molecule has 21 heavy (non-hydrogen) atoms. The quantitative estimate of drug-likeness (QED) is 0.759. The number of benzene rings is 2. The van der Waals surface area contributed by atoms with Crippen molar-refractivity contribution in [1.82, 2.24) is 0 Å². The molecule has 0 N–H and O–H groups in total. The first kappa shape index (κ1) is 15.1. The second-order valence-corrected chi connectivity index (χ2v) is 4.94. The lowest BCUT2D eigenvalue weighted by molar-refractivity contribution is -0.140. The van der Waals surface area contributed by atoms with E-state index < -0.39 is 0 Å². The number of carbonyl (C=O) groups excluding carboxylic acids is 1. The molecule has 0 heterocycles. The Morgan fingerprint density at radius 3 is 2.52 bits per heavy atom. The predicted molar refractivity (Wildman–Crippen MR) is 82.3 cm³/mol. The maximum Gasteiger partial charge on any atom is 0.305 e. The molecule has 0 unspecified atom stereocenters. The van der Waals surface area contributed by atoms with Gasteiger partial charge in [-0.15, -0.1) is 0 Å². The first-order chi connectivity index (χ1) is 10.2. The van der Waals surface area contributed by atoms with Crippen LogP contribution in [0.4, 0.5) is 0 Å². The highest BCUT2D eigenvalue weighted by atomic mass is 16.5. The highest BCUT2D eigenvalue weighted by Gasteiger charge is 2.05. The molecule has 0 bridgehead atoms. The Hall–Kier alpha value is -2.29. The van der Waals surface area contributed by atoms with Gasteiger partial charge in [0.25, 0.3) is 0 Å². The zero-order chi connectivity index (χ0) is 15.1. The van der Waals surface area contributed by atoms with Crippen LogP contribution in [0.3, 0.4) is 0 Å². The summed E-state index contributed by atoms with van der Waals surface area (Å²) < 4.78 is 10.4. The number of rotatable bonds is 6. The fourth-order valence-electron chi connectivity index (χ4n) is 2.12. The third-order valence-corrected chi connectivity index (χ3v) is 3.39. The van der Waals surface area contributed by atoms with Gasteiger partial charge >= 0.3 is 5.97 Å². The van der Waals surface area contributed by atoms with E-state index in [1.165, 1.54) is 7.11 Å². The van der Waals surface area contributed by atoms with Crippen LogP contribution in [0.25, 0.3) is 0 Å². The Morgan fingerprint density at radius 1 is 1.10 bits per heavy atom. The van der Waals surface area contributed by atoms with E-state index in [0.717, 1.165) is 22.4 Å². The fraction of sp³-hybridized carbons (Fsp3) is 0.278. The second-order valence-electron chi connectivity index (χ2n) is 4.94. The average molecular weight is 284 g/mol. The van der Waals surface area contributed by atoms with E-state index in [9.17, 15) is 4.79 Å². The van der Waals surface area contributed by atoms with Crippen molar-refractivity contribution in [1.29, 1.82) is 0 Å². The SMILES string of the molecule is COC(=O)CCc1ccc(OCc2ccccc2)cc1C. The van der Waals surface area contributed by atoms with Crippen LogP contribution in [-0.2, 0) is 22.6 Å². The minimum absolute atomic E-state index is 0.182. The number of esters is 1. The predicted octanol–water partition coefficient (Wildman–Crippen LogP) is 3.68. The van der Waals surface area contributed by atoms with Crippen LogP contribution < -0.4 is 4.74 Å². The normalized spacial score (nSPS) is 10.2. The summed E-state index contributed by atoms with van der Waals surface area (Å²) in [6, 6.07) is 16.0. The van der Waals surface area contributed by atoms with Gasteiger partial charge in [0.05, 0.1) is 7.11 Å². The molecule has 0 amide bonds. The van der Waals surface area contributed by atoms with Crippen molar-refractivity contribution >= 4 is 5.97 Å². The molecule has 0 aliphatic heterocycles. The minimum atomic E-state index is -0.182. The monoisotopic (exact) mass is 284 g/mol. The molecule has 0 saturated heterocycles. The second kappa shape index (κ2) is 7.48. The van der Waals surface area contributed by atoms with Crippen molar-refractivity contribution in [2.75, 3.05) is 7.11 Å². The van der Waals surface area contributed by atoms with Crippen LogP contribution in [0.2, 0.25) is 0 Å². The molecule has 3 nitrogen and oxygen atoms in total. The van der Waals surface area contributed by atoms with Crippen molar-refractivity contribution < 1.29 is 14.3 Å². The smallest absolute Gasteiger partial charge is 0.305 e. The molecule has 2 rings (SSSR count). The van der Waals surface area contributed by atoms with Crippen molar-refractivity contribution in [2.45, 2.75) is 26.4 Å². The lowest BCUT2D eigenvalue weighted by atomic mass is 10.0. The molecular weight excluding hydrogens is 264 g/mol. The number of carbonyl (C=O) groups is 1. The summed E-state index contributed by atoms with van der Waals surface area (Å²) in [4.78, 5) is 11.2. The Bertz CT molecular complexity index is 591. The van der Waals surface area contributed by atoms with Crippen molar-refractivity contribution in [3.63, 3.8) is 0 Å². The minimum Gasteiger partial charge on any atom is -0.489 e. The lowest BCUT2D eigenvalue weighted by Gasteiger charge is -2.10. The molecule has 0 aliphatic rings. The molecule has 2 aromatic carbocycles. The maximum atomic E-state index is 11.2. The molecule has 0 atom stereocenters. The van der Waals surface area contributed by atoms with E-state index in [2.05, 4.69) is 4.74 Å². The lowest BCUT2D eigenvalue weighted by Crippen LogP contribution is -2.03. The van der Waals surface area contributed by atoms with E-state index in [1.54, 1.807) is 0 Å². The Balaban J connectivity index is 1.94. The topological polar surface area (TPSA) is 35.5 Å². The summed E-state index contributed by atoms with van der Waals surface area (Å²) in [6.07, 6.45) is 1.10. The van der Waals surface area contributed by atoms with Gasteiger partial charge in [0.1, 0.15) is 12.4 Å². The van der Waals surface area contributed by atoms with Crippen LogP contribution in [0.5, 0.6) is 5.75 Å². The van der Waals surface area contributed by atoms with Gasteiger partial charge in [-0.3, -0.25) is 4.79 Å². The Labute approximate surface area is 125 Å². The molecule has 0 spiro atoms. The third kappa shape index (κ3) is 4.63. The van der Waals surface area contributed by atoms with Crippen LogP contribution in [0.15, 0.2) is 48.5 Å². The summed E-state index contributed by atoms with van der Waals surface area (Å²) in [7, 11) is 1.41. The zero-order valence-electron chi connectivity index (χ0n) is 12.5. The van der Waals surface area contributed by atoms with Crippen molar-refractivity contribution in [3.05, 3.63) is 65.2 Å². The molecule has 0 aromatic heterocycles. The average Bonchev–Trinajstić information content (AvgIpc) is 2.52. The van der Waals surface area contributed by atoms with Crippen LogP contribution in [0.1, 0.15) is 23.1 Å². The van der Waals surface area contributed by atoms with Gasteiger partial charge in [0, 0.05) is 6.42 Å². The first-order valence-corrected chi connectivity index (χ1v) is 7.02. The Kier molecular flexibility index (Phi) is 5.38. The molecule has 0 fully saturated rings. The van der Waals surface area contributed by atoms with E-state index in [4.69, 9.17) is 4.74 Å². The van der Waals surface area contributed by atoms with Gasteiger partial charge in [0.2, 0.25) is 0 Å². The van der Waals surface area contributed by atoms with E-state index in [-0.39, 0.29) is 5.97 Å². The zero-order valence-corrected chi connectivity index (χ0v) is 12.5. The summed E-state index contributed by atoms with van der Waals surface area (Å²) in [5.41, 5.74) is 3.42. The number of methoxy groups -OCH3 is 1. The number of ether oxygens (including phenoxy) is 2. The summed E-state index contributed by atoms with van der Waals surface area (Å²) in [6.45, 7) is 2.59. The summed E-state index contributed by atoms with van der Waals surface area (Å²) in [5, 5.41) is 0. The van der Waals surface area contributed by atoms with Gasteiger partial charge in [-0.2, -0.15) is 0 Å². The Morgan fingerprint density at radius 2 is 1.86 bits per heavy atom. The molecule has 0 aliphatic carbocycles. The van der Waals surface area contributed by atoms with Crippen LogP contribution in [-0.4, -0.2) is 13.1 Å². The fourth-order valence-corrected chi connectivity index (χ4v) is 2.12. The molecular formula is C18H20O3. The van der Waals surface area contributed by atoms with E-state index in [0.29, 0.717) is 19.4 Å². The third-order valence-electron chi connectivity index (χ3n) is 3.39. The summed E-state index contributed by atoms with van der Waals surface area (Å²) >= 11 is 0. The number of aryl methyl sites for hydroxylation is 2. The highest BCUT2D eigenvalue weighted by Crippen LogP contribution is 2.19. The van der Waals surface area contributed by atoms with Gasteiger partial charge in [-0.1, -0.05) is 36.4 Å². The van der Waals surface area contributed by atoms with E-state index >= 15 is 0 Å².